The largest absolute Gasteiger partial charge is 0.496 e. The van der Waals surface area contributed by atoms with Crippen LogP contribution in [0, 0.1) is 0 Å². The number of methoxy groups -OCH3 is 1. The van der Waals surface area contributed by atoms with Gasteiger partial charge in [-0.3, -0.25) is 0 Å². The Balaban J connectivity index is 2.51. The number of hydrogen-bond acceptors (Lipinski definition) is 3. The maximum atomic E-state index is 5.34. The van der Waals surface area contributed by atoms with Crippen LogP contribution in [0.25, 0.3) is 10.8 Å². The first-order valence-corrected chi connectivity index (χ1v) is 5.17. The van der Waals surface area contributed by atoms with E-state index in [0.717, 1.165) is 11.1 Å². The summed E-state index contributed by atoms with van der Waals surface area (Å²) in [6, 6.07) is 12.2. The van der Waals surface area contributed by atoms with E-state index in [9.17, 15) is 0 Å². The van der Waals surface area contributed by atoms with Gasteiger partial charge in [0.15, 0.2) is 0 Å². The number of nitrogens with one attached hydrogen (secondary N) is 1. The van der Waals surface area contributed by atoms with E-state index < -0.39 is 0 Å². The van der Waals surface area contributed by atoms with E-state index in [4.69, 9.17) is 9.57 Å². The first kappa shape index (κ1) is 10.9. The van der Waals surface area contributed by atoms with Crippen LogP contribution in [-0.2, 0) is 11.4 Å². The monoisotopic (exact) mass is 217 g/mol. The van der Waals surface area contributed by atoms with Gasteiger partial charge in [-0.05, 0) is 17.0 Å². The molecule has 0 bridgehead atoms. The third-order valence-electron chi connectivity index (χ3n) is 2.60. The zero-order chi connectivity index (χ0) is 11.4. The van der Waals surface area contributed by atoms with Crippen molar-refractivity contribution in [3.05, 3.63) is 42.0 Å². The molecular weight excluding hydrogens is 202 g/mol. The van der Waals surface area contributed by atoms with Crippen LogP contribution in [0.2, 0.25) is 0 Å². The molecule has 2 aromatic carbocycles. The summed E-state index contributed by atoms with van der Waals surface area (Å²) in [6.45, 7) is 0.682. The van der Waals surface area contributed by atoms with Crippen molar-refractivity contribution in [2.45, 2.75) is 6.54 Å². The quantitative estimate of drug-likeness (QED) is 0.798. The third-order valence-corrected chi connectivity index (χ3v) is 2.60. The molecule has 0 heterocycles. The third kappa shape index (κ3) is 2.01. The summed E-state index contributed by atoms with van der Waals surface area (Å²) in [5, 5.41) is 2.31. The summed E-state index contributed by atoms with van der Waals surface area (Å²) in [5.41, 5.74) is 4.05. The van der Waals surface area contributed by atoms with Crippen LogP contribution >= 0.6 is 0 Å². The van der Waals surface area contributed by atoms with Crippen LogP contribution in [0.4, 0.5) is 0 Å². The molecule has 2 aromatic rings. The molecule has 0 atom stereocenters. The van der Waals surface area contributed by atoms with Crippen LogP contribution in [-0.4, -0.2) is 14.2 Å². The summed E-state index contributed by atoms with van der Waals surface area (Å²) in [6.07, 6.45) is 0. The van der Waals surface area contributed by atoms with Crippen LogP contribution in [0.15, 0.2) is 36.4 Å². The highest BCUT2D eigenvalue weighted by Gasteiger charge is 2.05. The first-order valence-electron chi connectivity index (χ1n) is 5.17. The van der Waals surface area contributed by atoms with Gasteiger partial charge >= 0.3 is 0 Å². The van der Waals surface area contributed by atoms with Gasteiger partial charge in [0.05, 0.1) is 14.2 Å². The van der Waals surface area contributed by atoms with Crippen molar-refractivity contribution in [2.75, 3.05) is 14.2 Å². The van der Waals surface area contributed by atoms with E-state index in [1.807, 2.05) is 24.3 Å². The van der Waals surface area contributed by atoms with Crippen molar-refractivity contribution in [3.63, 3.8) is 0 Å². The van der Waals surface area contributed by atoms with Gasteiger partial charge in [-0.25, -0.2) is 0 Å². The standard InChI is InChI=1S/C13H15NO2/c1-15-13-8-7-10(9-14-16-2)11-5-3-4-6-12(11)13/h3-8,14H,9H2,1-2H3. The van der Waals surface area contributed by atoms with E-state index in [1.165, 1.54) is 10.9 Å². The average molecular weight is 217 g/mol. The maximum Gasteiger partial charge on any atom is 0.126 e. The zero-order valence-corrected chi connectivity index (χ0v) is 9.49. The molecule has 0 fully saturated rings. The topological polar surface area (TPSA) is 30.5 Å². The van der Waals surface area contributed by atoms with Crippen molar-refractivity contribution >= 4 is 10.8 Å². The van der Waals surface area contributed by atoms with E-state index in [2.05, 4.69) is 17.6 Å². The van der Waals surface area contributed by atoms with Crippen LogP contribution in [0.1, 0.15) is 5.56 Å². The molecule has 0 aliphatic rings. The number of rotatable bonds is 4. The summed E-state index contributed by atoms with van der Waals surface area (Å²) >= 11 is 0. The fourth-order valence-electron chi connectivity index (χ4n) is 1.82. The molecule has 84 valence electrons. The lowest BCUT2D eigenvalue weighted by Crippen LogP contribution is -2.11. The highest BCUT2D eigenvalue weighted by Crippen LogP contribution is 2.28. The molecule has 0 spiro atoms. The van der Waals surface area contributed by atoms with Gasteiger partial charge in [0.25, 0.3) is 0 Å². The van der Waals surface area contributed by atoms with Gasteiger partial charge in [0.2, 0.25) is 0 Å². The summed E-state index contributed by atoms with van der Waals surface area (Å²) in [5.74, 6) is 0.900. The summed E-state index contributed by atoms with van der Waals surface area (Å²) < 4.78 is 5.34. The fraction of sp³-hybridized carbons (Fsp3) is 0.231. The highest BCUT2D eigenvalue weighted by molar-refractivity contribution is 5.91. The van der Waals surface area contributed by atoms with E-state index in [0.29, 0.717) is 6.54 Å². The second kappa shape index (κ2) is 4.96. The lowest BCUT2D eigenvalue weighted by Gasteiger charge is -2.10. The minimum atomic E-state index is 0.682. The van der Waals surface area contributed by atoms with E-state index in [1.54, 1.807) is 14.2 Å². The lowest BCUT2D eigenvalue weighted by atomic mass is 10.0. The second-order valence-corrected chi connectivity index (χ2v) is 3.50. The Bertz CT molecular complexity index is 482. The minimum Gasteiger partial charge on any atom is -0.496 e. The van der Waals surface area contributed by atoms with Crippen LogP contribution in [0.3, 0.4) is 0 Å². The lowest BCUT2D eigenvalue weighted by molar-refractivity contribution is 0.0870. The average Bonchev–Trinajstić information content (AvgIpc) is 2.36. The molecule has 0 saturated heterocycles. The fourth-order valence-corrected chi connectivity index (χ4v) is 1.82. The molecule has 0 saturated carbocycles. The Kier molecular flexibility index (Phi) is 3.39. The Labute approximate surface area is 94.9 Å². The molecule has 0 aromatic heterocycles. The number of ether oxygens (including phenoxy) is 1. The van der Waals surface area contributed by atoms with Crippen LogP contribution < -0.4 is 10.2 Å². The first-order chi connectivity index (χ1) is 7.86. The Morgan fingerprint density at radius 1 is 1.00 bits per heavy atom. The molecule has 3 heteroatoms. The molecule has 2 rings (SSSR count). The molecular formula is C13H15NO2. The summed E-state index contributed by atoms with van der Waals surface area (Å²) in [7, 11) is 3.31. The van der Waals surface area contributed by atoms with Gasteiger partial charge in [-0.15, -0.1) is 0 Å². The van der Waals surface area contributed by atoms with Gasteiger partial charge < -0.3 is 9.57 Å². The molecule has 0 unspecified atom stereocenters. The Morgan fingerprint density at radius 3 is 2.44 bits per heavy atom. The highest BCUT2D eigenvalue weighted by atomic mass is 16.6. The Morgan fingerprint density at radius 2 is 1.75 bits per heavy atom. The van der Waals surface area contributed by atoms with Crippen molar-refractivity contribution in [1.82, 2.24) is 5.48 Å². The Hall–Kier alpha value is -1.58. The number of hydrogen-bond donors (Lipinski definition) is 1. The summed E-state index contributed by atoms with van der Waals surface area (Å²) in [4.78, 5) is 4.87. The normalized spacial score (nSPS) is 10.6. The number of fused-ring (bicyclic) bond motifs is 1. The van der Waals surface area contributed by atoms with Gasteiger partial charge in [-0.1, -0.05) is 30.3 Å². The zero-order valence-electron chi connectivity index (χ0n) is 9.49. The smallest absolute Gasteiger partial charge is 0.126 e. The maximum absolute atomic E-state index is 5.34. The predicted octanol–water partition coefficient (Wildman–Crippen LogP) is 2.50. The minimum absolute atomic E-state index is 0.682. The van der Waals surface area contributed by atoms with E-state index in [-0.39, 0.29) is 0 Å². The predicted molar refractivity (Wildman–Crippen MR) is 64.3 cm³/mol. The molecule has 0 radical (unpaired) electrons. The van der Waals surface area contributed by atoms with Crippen molar-refractivity contribution in [2.24, 2.45) is 0 Å². The van der Waals surface area contributed by atoms with Gasteiger partial charge in [0.1, 0.15) is 5.75 Å². The number of hydroxylamine groups is 1. The van der Waals surface area contributed by atoms with Crippen molar-refractivity contribution in [3.8, 4) is 5.75 Å². The molecule has 16 heavy (non-hydrogen) atoms. The van der Waals surface area contributed by atoms with Gasteiger partial charge in [0, 0.05) is 11.9 Å². The number of benzene rings is 2. The van der Waals surface area contributed by atoms with Crippen molar-refractivity contribution < 1.29 is 9.57 Å². The molecule has 0 aliphatic carbocycles. The molecule has 0 amide bonds. The van der Waals surface area contributed by atoms with Crippen molar-refractivity contribution in [1.29, 1.82) is 0 Å². The molecule has 1 N–H and O–H groups in total. The molecule has 0 aliphatic heterocycles. The molecule has 3 nitrogen and oxygen atoms in total. The van der Waals surface area contributed by atoms with Crippen LogP contribution in [0.5, 0.6) is 5.75 Å². The van der Waals surface area contributed by atoms with E-state index >= 15 is 0 Å². The second-order valence-electron chi connectivity index (χ2n) is 3.50. The van der Waals surface area contributed by atoms with Gasteiger partial charge in [-0.2, -0.15) is 5.48 Å². The SMILES string of the molecule is CONCc1ccc(OC)c2ccccc12.